The van der Waals surface area contributed by atoms with E-state index in [-0.39, 0.29) is 18.0 Å². The number of nitrogens with two attached hydrogens (primary N) is 1. The molecule has 0 unspecified atom stereocenters. The smallest absolute Gasteiger partial charge is 0.267 e. The molecule has 0 radical (unpaired) electrons. The van der Waals surface area contributed by atoms with Crippen LogP contribution < -0.4 is 11.1 Å². The molecule has 3 N–H and O–H groups in total. The second-order valence-corrected chi connectivity index (χ2v) is 5.77. The van der Waals surface area contributed by atoms with Gasteiger partial charge >= 0.3 is 0 Å². The SMILES string of the molecule is CO[C@]1(c2ccnc(C(N)=O)c2)[C@@H]2CCC[C@H]1CNC2.Cl. The van der Waals surface area contributed by atoms with E-state index in [0.29, 0.717) is 17.5 Å². The fraction of sp³-hybridized carbons (Fsp3) is 0.600. The summed E-state index contributed by atoms with van der Waals surface area (Å²) in [6.45, 7) is 1.91. The summed E-state index contributed by atoms with van der Waals surface area (Å²) in [7, 11) is 1.78. The number of fused-ring (bicyclic) bond motifs is 2. The maximum Gasteiger partial charge on any atom is 0.267 e. The number of primary amides is 1. The Morgan fingerprint density at radius 1 is 1.43 bits per heavy atom. The van der Waals surface area contributed by atoms with Gasteiger partial charge in [0.05, 0.1) is 0 Å². The van der Waals surface area contributed by atoms with Crippen molar-refractivity contribution >= 4 is 18.3 Å². The van der Waals surface area contributed by atoms with Gasteiger partial charge in [-0.05, 0) is 30.5 Å². The molecule has 1 aromatic rings. The number of carbonyl (C=O) groups is 1. The topological polar surface area (TPSA) is 77.2 Å². The first-order chi connectivity index (χ1) is 9.68. The molecule has 3 rings (SSSR count). The molecular weight excluding hydrogens is 290 g/mol. The number of piperidine rings is 1. The van der Waals surface area contributed by atoms with Crippen molar-refractivity contribution in [2.45, 2.75) is 24.9 Å². The molecule has 3 atom stereocenters. The Morgan fingerprint density at radius 2 is 2.10 bits per heavy atom. The number of carbonyl (C=O) groups excluding carboxylic acids is 1. The van der Waals surface area contributed by atoms with E-state index in [0.717, 1.165) is 31.5 Å². The van der Waals surface area contributed by atoms with Crippen LogP contribution in [0.2, 0.25) is 0 Å². The predicted molar refractivity (Wildman–Crippen MR) is 82.4 cm³/mol. The van der Waals surface area contributed by atoms with E-state index in [4.69, 9.17) is 10.5 Å². The number of ether oxygens (including phenoxy) is 1. The van der Waals surface area contributed by atoms with Crippen LogP contribution in [-0.4, -0.2) is 31.1 Å². The lowest BCUT2D eigenvalue weighted by molar-refractivity contribution is -0.144. The number of hydrogen-bond acceptors (Lipinski definition) is 4. The first kappa shape index (κ1) is 16.2. The number of pyridine rings is 1. The molecular formula is C15H22ClN3O2. The zero-order valence-electron chi connectivity index (χ0n) is 12.2. The Hall–Kier alpha value is -1.17. The molecule has 1 amide bonds. The van der Waals surface area contributed by atoms with Crippen LogP contribution in [0.1, 0.15) is 35.3 Å². The van der Waals surface area contributed by atoms with Crippen molar-refractivity contribution in [1.82, 2.24) is 10.3 Å². The van der Waals surface area contributed by atoms with E-state index in [1.54, 1.807) is 13.3 Å². The second-order valence-electron chi connectivity index (χ2n) is 5.77. The number of methoxy groups -OCH3 is 1. The normalized spacial score (nSPS) is 31.3. The minimum atomic E-state index is -0.489. The molecule has 116 valence electrons. The average Bonchev–Trinajstić information content (AvgIpc) is 2.46. The fourth-order valence-electron chi connectivity index (χ4n) is 4.04. The van der Waals surface area contributed by atoms with Gasteiger partial charge in [-0.25, -0.2) is 0 Å². The van der Waals surface area contributed by atoms with Crippen molar-refractivity contribution in [1.29, 1.82) is 0 Å². The number of nitrogens with one attached hydrogen (secondary N) is 1. The molecule has 5 nitrogen and oxygen atoms in total. The van der Waals surface area contributed by atoms with Crippen LogP contribution in [0.4, 0.5) is 0 Å². The first-order valence-corrected chi connectivity index (χ1v) is 7.20. The lowest BCUT2D eigenvalue weighted by atomic mass is 9.63. The Bertz CT molecular complexity index is 501. The number of nitrogens with zero attached hydrogens (tertiary/aromatic N) is 1. The van der Waals surface area contributed by atoms with Gasteiger partial charge in [0.2, 0.25) is 0 Å². The van der Waals surface area contributed by atoms with Gasteiger partial charge in [-0.15, -0.1) is 12.4 Å². The van der Waals surface area contributed by atoms with Crippen LogP contribution in [0.3, 0.4) is 0 Å². The summed E-state index contributed by atoms with van der Waals surface area (Å²) >= 11 is 0. The van der Waals surface area contributed by atoms with E-state index < -0.39 is 5.91 Å². The van der Waals surface area contributed by atoms with Crippen LogP contribution in [0, 0.1) is 11.8 Å². The van der Waals surface area contributed by atoms with Gasteiger partial charge in [-0.3, -0.25) is 9.78 Å². The summed E-state index contributed by atoms with van der Waals surface area (Å²) in [6.07, 6.45) is 5.20. The molecule has 21 heavy (non-hydrogen) atoms. The van der Waals surface area contributed by atoms with E-state index in [2.05, 4.69) is 10.3 Å². The van der Waals surface area contributed by atoms with Crippen molar-refractivity contribution in [2.24, 2.45) is 17.6 Å². The quantitative estimate of drug-likeness (QED) is 0.886. The summed E-state index contributed by atoms with van der Waals surface area (Å²) < 4.78 is 6.05. The van der Waals surface area contributed by atoms with Gasteiger partial charge in [-0.1, -0.05) is 6.42 Å². The van der Waals surface area contributed by atoms with Crippen LogP contribution in [0.5, 0.6) is 0 Å². The number of aromatic nitrogens is 1. The van der Waals surface area contributed by atoms with E-state index in [9.17, 15) is 4.79 Å². The van der Waals surface area contributed by atoms with Gasteiger partial charge in [0.15, 0.2) is 0 Å². The Morgan fingerprint density at radius 3 is 2.67 bits per heavy atom. The number of hydrogen-bond donors (Lipinski definition) is 2. The monoisotopic (exact) mass is 311 g/mol. The van der Waals surface area contributed by atoms with Crippen molar-refractivity contribution in [2.75, 3.05) is 20.2 Å². The highest BCUT2D eigenvalue weighted by molar-refractivity contribution is 5.90. The molecule has 2 heterocycles. The van der Waals surface area contributed by atoms with Gasteiger partial charge in [0, 0.05) is 38.2 Å². The largest absolute Gasteiger partial charge is 0.373 e. The fourth-order valence-corrected chi connectivity index (χ4v) is 4.04. The van der Waals surface area contributed by atoms with Gasteiger partial charge in [0.1, 0.15) is 11.3 Å². The summed E-state index contributed by atoms with van der Waals surface area (Å²) in [6, 6.07) is 3.77. The molecule has 0 aromatic carbocycles. The van der Waals surface area contributed by atoms with Crippen LogP contribution in [-0.2, 0) is 10.3 Å². The third kappa shape index (κ3) is 2.54. The van der Waals surface area contributed by atoms with Crippen molar-refractivity contribution in [3.8, 4) is 0 Å². The van der Waals surface area contributed by atoms with Crippen molar-refractivity contribution < 1.29 is 9.53 Å². The molecule has 1 aromatic heterocycles. The summed E-state index contributed by atoms with van der Waals surface area (Å²) in [5.74, 6) is 0.378. The molecule has 6 heteroatoms. The Kier molecular flexibility index (Phi) is 4.86. The summed E-state index contributed by atoms with van der Waals surface area (Å²) in [5.41, 5.74) is 6.41. The number of halogens is 1. The van der Waals surface area contributed by atoms with Crippen molar-refractivity contribution in [3.63, 3.8) is 0 Å². The van der Waals surface area contributed by atoms with Crippen molar-refractivity contribution in [3.05, 3.63) is 29.6 Å². The third-order valence-corrected chi connectivity index (χ3v) is 4.90. The predicted octanol–water partition coefficient (Wildman–Crippen LogP) is 1.46. The molecule has 1 saturated heterocycles. The van der Waals surface area contributed by atoms with Crippen LogP contribution >= 0.6 is 12.4 Å². The van der Waals surface area contributed by atoms with E-state index >= 15 is 0 Å². The minimum Gasteiger partial charge on any atom is -0.373 e. The average molecular weight is 312 g/mol. The lowest BCUT2D eigenvalue weighted by Crippen LogP contribution is -2.57. The highest BCUT2D eigenvalue weighted by Gasteiger charge is 2.51. The van der Waals surface area contributed by atoms with E-state index in [1.807, 2.05) is 12.1 Å². The number of amides is 1. The Labute approximate surface area is 131 Å². The lowest BCUT2D eigenvalue weighted by Gasteiger charge is -2.52. The molecule has 2 fully saturated rings. The standard InChI is InChI=1S/C15H21N3O2.ClH/c1-20-15(10-5-6-18-13(7-10)14(16)19)11-3-2-4-12(15)9-17-8-11;/h5-7,11-12,17H,2-4,8-9H2,1H3,(H2,16,19);1H/t11-,12+,15-;. The van der Waals surface area contributed by atoms with Gasteiger partial charge in [0.25, 0.3) is 5.91 Å². The highest BCUT2D eigenvalue weighted by Crippen LogP contribution is 2.49. The third-order valence-electron chi connectivity index (χ3n) is 4.90. The van der Waals surface area contributed by atoms with Crippen LogP contribution in [0.25, 0.3) is 0 Å². The zero-order valence-corrected chi connectivity index (χ0v) is 13.0. The molecule has 1 aliphatic heterocycles. The Balaban J connectivity index is 0.00000161. The van der Waals surface area contributed by atoms with Crippen LogP contribution in [0.15, 0.2) is 18.3 Å². The molecule has 1 saturated carbocycles. The maximum absolute atomic E-state index is 11.4. The maximum atomic E-state index is 11.4. The summed E-state index contributed by atoms with van der Waals surface area (Å²) in [5, 5.41) is 3.50. The molecule has 1 aliphatic carbocycles. The summed E-state index contributed by atoms with van der Waals surface area (Å²) in [4.78, 5) is 15.4. The highest BCUT2D eigenvalue weighted by atomic mass is 35.5. The van der Waals surface area contributed by atoms with Gasteiger partial charge in [-0.2, -0.15) is 0 Å². The molecule has 0 spiro atoms. The van der Waals surface area contributed by atoms with E-state index in [1.165, 1.54) is 6.42 Å². The first-order valence-electron chi connectivity index (χ1n) is 7.20. The number of rotatable bonds is 3. The zero-order chi connectivity index (χ0) is 14.2. The second kappa shape index (κ2) is 6.30. The molecule has 2 bridgehead atoms. The van der Waals surface area contributed by atoms with Gasteiger partial charge < -0.3 is 15.8 Å². The molecule has 2 aliphatic rings. The minimum absolute atomic E-state index is 0.